The highest BCUT2D eigenvalue weighted by molar-refractivity contribution is 5.75. The van der Waals surface area contributed by atoms with Crippen molar-refractivity contribution in [3.8, 4) is 6.07 Å². The molecule has 0 saturated heterocycles. The Morgan fingerprint density at radius 1 is 1.15 bits per heavy atom. The monoisotopic (exact) mass is 265 g/mol. The molecule has 3 nitrogen and oxygen atoms in total. The first-order chi connectivity index (χ1) is 9.65. The maximum Gasteiger partial charge on any atom is 0.0992 e. The van der Waals surface area contributed by atoms with Gasteiger partial charge in [0.25, 0.3) is 0 Å². The Morgan fingerprint density at radius 2 is 1.85 bits per heavy atom. The van der Waals surface area contributed by atoms with Crippen LogP contribution in [0.25, 0.3) is 0 Å². The van der Waals surface area contributed by atoms with Crippen LogP contribution in [-0.2, 0) is 6.42 Å². The third kappa shape index (κ3) is 2.92. The van der Waals surface area contributed by atoms with Gasteiger partial charge in [0.1, 0.15) is 0 Å². The van der Waals surface area contributed by atoms with Crippen LogP contribution in [0.3, 0.4) is 0 Å². The topological polar surface area (TPSA) is 53.0 Å². The second kappa shape index (κ2) is 6.12. The number of hydrogen-bond donors (Lipinski definition) is 1. The summed E-state index contributed by atoms with van der Waals surface area (Å²) in [6.07, 6.45) is 2.24. The van der Waals surface area contributed by atoms with Crippen LogP contribution >= 0.6 is 0 Å². The summed E-state index contributed by atoms with van der Waals surface area (Å²) in [5.41, 5.74) is 10.5. The van der Waals surface area contributed by atoms with E-state index >= 15 is 0 Å². The number of nitrogens with two attached hydrogens (primary N) is 1. The van der Waals surface area contributed by atoms with Crippen LogP contribution in [0, 0.1) is 11.3 Å². The molecule has 0 saturated carbocycles. The lowest BCUT2D eigenvalue weighted by atomic mass is 10.1. The van der Waals surface area contributed by atoms with E-state index in [1.54, 1.807) is 12.1 Å². The molecular weight excluding hydrogens is 246 g/mol. The Balaban J connectivity index is 2.31. The minimum atomic E-state index is 0.614. The molecule has 3 heteroatoms. The number of anilines is 3. The highest BCUT2D eigenvalue weighted by Gasteiger charge is 2.08. The lowest BCUT2D eigenvalue weighted by Gasteiger charge is -2.21. The number of aryl methyl sites for hydroxylation is 1. The molecule has 0 amide bonds. The number of nitrogens with zero attached hydrogens (tertiary/aromatic N) is 2. The standard InChI is InChI=1S/C17H19N3/c1-3-4-13-5-8-15(9-6-13)20(2)17-11-14(12-18)7-10-16(17)19/h5-11H,3-4,19H2,1-2H3. The van der Waals surface area contributed by atoms with E-state index in [-0.39, 0.29) is 0 Å². The van der Waals surface area contributed by atoms with Gasteiger partial charge in [0.15, 0.2) is 0 Å². The van der Waals surface area contributed by atoms with Gasteiger partial charge in [-0.05, 0) is 42.3 Å². The SMILES string of the molecule is CCCc1ccc(N(C)c2cc(C#N)ccc2N)cc1. The first-order valence-electron chi connectivity index (χ1n) is 6.78. The van der Waals surface area contributed by atoms with Crippen molar-refractivity contribution in [3.63, 3.8) is 0 Å². The molecule has 0 aliphatic carbocycles. The van der Waals surface area contributed by atoms with Crippen molar-refractivity contribution >= 4 is 17.1 Å². The van der Waals surface area contributed by atoms with Gasteiger partial charge in [-0.2, -0.15) is 5.26 Å². The fourth-order valence-electron chi connectivity index (χ4n) is 2.22. The maximum absolute atomic E-state index is 8.99. The van der Waals surface area contributed by atoms with E-state index in [9.17, 15) is 0 Å². The van der Waals surface area contributed by atoms with Crippen LogP contribution < -0.4 is 10.6 Å². The maximum atomic E-state index is 8.99. The first kappa shape index (κ1) is 14.0. The van der Waals surface area contributed by atoms with Crippen LogP contribution in [0.4, 0.5) is 17.1 Å². The van der Waals surface area contributed by atoms with Gasteiger partial charge in [-0.1, -0.05) is 25.5 Å². The molecule has 2 aromatic carbocycles. The molecular formula is C17H19N3. The number of rotatable bonds is 4. The van der Waals surface area contributed by atoms with E-state index in [1.165, 1.54) is 5.56 Å². The summed E-state index contributed by atoms with van der Waals surface area (Å²) in [6, 6.07) is 15.9. The van der Waals surface area contributed by atoms with Gasteiger partial charge in [0.05, 0.1) is 23.0 Å². The average molecular weight is 265 g/mol. The smallest absolute Gasteiger partial charge is 0.0992 e. The third-order valence-corrected chi connectivity index (χ3v) is 3.38. The van der Waals surface area contributed by atoms with E-state index in [0.29, 0.717) is 11.3 Å². The average Bonchev–Trinajstić information content (AvgIpc) is 2.48. The predicted octanol–water partition coefficient (Wildman–Crippen LogP) is 3.86. The lowest BCUT2D eigenvalue weighted by molar-refractivity contribution is 0.921. The Bertz CT molecular complexity index is 624. The third-order valence-electron chi connectivity index (χ3n) is 3.38. The number of benzene rings is 2. The summed E-state index contributed by atoms with van der Waals surface area (Å²) in [6.45, 7) is 2.17. The highest BCUT2D eigenvalue weighted by Crippen LogP contribution is 2.30. The first-order valence-corrected chi connectivity index (χ1v) is 6.78. The van der Waals surface area contributed by atoms with Gasteiger partial charge in [0.2, 0.25) is 0 Å². The fraction of sp³-hybridized carbons (Fsp3) is 0.235. The molecule has 0 spiro atoms. The largest absolute Gasteiger partial charge is 0.397 e. The number of hydrogen-bond acceptors (Lipinski definition) is 3. The number of nitriles is 1. The molecule has 0 aromatic heterocycles. The fourth-order valence-corrected chi connectivity index (χ4v) is 2.22. The van der Waals surface area contributed by atoms with E-state index in [2.05, 4.69) is 37.3 Å². The molecule has 0 aliphatic heterocycles. The van der Waals surface area contributed by atoms with E-state index in [0.717, 1.165) is 24.2 Å². The molecule has 102 valence electrons. The van der Waals surface area contributed by atoms with Gasteiger partial charge in [-0.15, -0.1) is 0 Å². The molecule has 2 N–H and O–H groups in total. The Hall–Kier alpha value is -2.47. The van der Waals surface area contributed by atoms with Gasteiger partial charge in [-0.25, -0.2) is 0 Å². The van der Waals surface area contributed by atoms with Crippen LogP contribution in [0.2, 0.25) is 0 Å². The summed E-state index contributed by atoms with van der Waals surface area (Å²) in [7, 11) is 1.96. The van der Waals surface area contributed by atoms with Crippen molar-refractivity contribution < 1.29 is 0 Å². The zero-order valence-corrected chi connectivity index (χ0v) is 11.9. The molecule has 2 rings (SSSR count). The normalized spacial score (nSPS) is 10.1. The van der Waals surface area contributed by atoms with Crippen molar-refractivity contribution in [2.45, 2.75) is 19.8 Å². The highest BCUT2D eigenvalue weighted by atomic mass is 15.1. The van der Waals surface area contributed by atoms with Crippen molar-refractivity contribution in [3.05, 3.63) is 53.6 Å². The van der Waals surface area contributed by atoms with Crippen molar-refractivity contribution in [2.75, 3.05) is 17.7 Å². The van der Waals surface area contributed by atoms with Crippen molar-refractivity contribution in [1.29, 1.82) is 5.26 Å². The summed E-state index contributed by atoms with van der Waals surface area (Å²) in [5.74, 6) is 0. The molecule has 2 aromatic rings. The molecule has 0 fully saturated rings. The molecule has 0 radical (unpaired) electrons. The summed E-state index contributed by atoms with van der Waals surface area (Å²) >= 11 is 0. The summed E-state index contributed by atoms with van der Waals surface area (Å²) in [4.78, 5) is 2.01. The quantitative estimate of drug-likeness (QED) is 0.854. The van der Waals surface area contributed by atoms with Gasteiger partial charge in [0, 0.05) is 12.7 Å². The van der Waals surface area contributed by atoms with E-state index < -0.39 is 0 Å². The minimum Gasteiger partial charge on any atom is -0.397 e. The van der Waals surface area contributed by atoms with Gasteiger partial charge >= 0.3 is 0 Å². The summed E-state index contributed by atoms with van der Waals surface area (Å²) in [5, 5.41) is 8.99. The molecule has 0 heterocycles. The second-order valence-corrected chi connectivity index (χ2v) is 4.86. The summed E-state index contributed by atoms with van der Waals surface area (Å²) < 4.78 is 0. The Kier molecular flexibility index (Phi) is 4.27. The van der Waals surface area contributed by atoms with E-state index in [1.807, 2.05) is 18.0 Å². The van der Waals surface area contributed by atoms with Crippen LogP contribution in [0.5, 0.6) is 0 Å². The lowest BCUT2D eigenvalue weighted by Crippen LogP contribution is -2.11. The van der Waals surface area contributed by atoms with Crippen molar-refractivity contribution in [2.24, 2.45) is 0 Å². The van der Waals surface area contributed by atoms with Crippen LogP contribution in [0.1, 0.15) is 24.5 Å². The van der Waals surface area contributed by atoms with Crippen LogP contribution in [-0.4, -0.2) is 7.05 Å². The minimum absolute atomic E-state index is 0.614. The second-order valence-electron chi connectivity index (χ2n) is 4.86. The molecule has 0 atom stereocenters. The van der Waals surface area contributed by atoms with Crippen LogP contribution in [0.15, 0.2) is 42.5 Å². The molecule has 0 bridgehead atoms. The van der Waals surface area contributed by atoms with Crippen molar-refractivity contribution in [1.82, 2.24) is 0 Å². The van der Waals surface area contributed by atoms with Gasteiger partial charge < -0.3 is 10.6 Å². The zero-order valence-electron chi connectivity index (χ0n) is 11.9. The van der Waals surface area contributed by atoms with E-state index in [4.69, 9.17) is 11.0 Å². The Morgan fingerprint density at radius 3 is 2.45 bits per heavy atom. The van der Waals surface area contributed by atoms with Gasteiger partial charge in [-0.3, -0.25) is 0 Å². The molecule has 0 unspecified atom stereocenters. The molecule has 20 heavy (non-hydrogen) atoms. The predicted molar refractivity (Wildman–Crippen MR) is 84.1 cm³/mol. The molecule has 0 aliphatic rings. The Labute approximate surface area is 120 Å². The zero-order chi connectivity index (χ0) is 14.5. The number of nitrogen functional groups attached to an aromatic ring is 1.